The second kappa shape index (κ2) is 16.5. The minimum Gasteiger partial charge on any atom is -0.493 e. The molecular weight excluding hydrogens is 647 g/mol. The van der Waals surface area contributed by atoms with Crippen molar-refractivity contribution in [2.45, 2.75) is 51.0 Å². The Balaban J connectivity index is 1.38. The monoisotopic (exact) mass is 686 g/mol. The van der Waals surface area contributed by atoms with Crippen LogP contribution in [0.15, 0.2) is 42.7 Å². The van der Waals surface area contributed by atoms with Crippen LogP contribution in [0.2, 0.25) is 0 Å². The number of pyridine rings is 1. The lowest BCUT2D eigenvalue weighted by Crippen LogP contribution is -2.46. The van der Waals surface area contributed by atoms with E-state index in [1.807, 2.05) is 24.3 Å². The summed E-state index contributed by atoms with van der Waals surface area (Å²) in [4.78, 5) is 44.1. The first-order valence-corrected chi connectivity index (χ1v) is 16.2. The molecular formula is C32H39IN4O5. The van der Waals surface area contributed by atoms with Gasteiger partial charge in [-0.05, 0) is 80.9 Å². The number of alkyl halides is 1. The first-order chi connectivity index (χ1) is 20.4. The first kappa shape index (κ1) is 31.8. The molecule has 0 unspecified atom stereocenters. The lowest BCUT2D eigenvalue weighted by Gasteiger charge is -2.33. The number of carboxylic acid groups (broad SMARTS) is 1. The predicted molar refractivity (Wildman–Crippen MR) is 168 cm³/mol. The smallest absolute Gasteiger partial charge is 0.305 e. The third-order valence-electron chi connectivity index (χ3n) is 7.76. The number of halogens is 1. The van der Waals surface area contributed by atoms with Gasteiger partial charge in [-0.2, -0.15) is 0 Å². The maximum absolute atomic E-state index is 13.3. The zero-order valence-corrected chi connectivity index (χ0v) is 26.0. The van der Waals surface area contributed by atoms with E-state index in [0.29, 0.717) is 49.6 Å². The fourth-order valence-corrected chi connectivity index (χ4v) is 5.69. The van der Waals surface area contributed by atoms with Gasteiger partial charge in [0.15, 0.2) is 0 Å². The van der Waals surface area contributed by atoms with Crippen molar-refractivity contribution >= 4 is 40.4 Å². The minimum absolute atomic E-state index is 0.102. The zero-order valence-electron chi connectivity index (χ0n) is 23.8. The zero-order chi connectivity index (χ0) is 29.7. The molecule has 9 nitrogen and oxygen atoms in total. The number of nitrogens with one attached hydrogen (secondary N) is 2. The second-order valence-corrected chi connectivity index (χ2v) is 12.0. The molecule has 0 bridgehead atoms. The van der Waals surface area contributed by atoms with Crippen LogP contribution in [0.25, 0.3) is 0 Å². The van der Waals surface area contributed by atoms with Crippen molar-refractivity contribution in [3.05, 3.63) is 59.4 Å². The summed E-state index contributed by atoms with van der Waals surface area (Å²) in [6.45, 7) is 3.66. The van der Waals surface area contributed by atoms with Gasteiger partial charge >= 0.3 is 5.97 Å². The van der Waals surface area contributed by atoms with Gasteiger partial charge in [-0.3, -0.25) is 19.4 Å². The van der Waals surface area contributed by atoms with Gasteiger partial charge < -0.3 is 25.4 Å². The van der Waals surface area contributed by atoms with E-state index in [9.17, 15) is 19.5 Å². The van der Waals surface area contributed by atoms with E-state index in [0.717, 1.165) is 54.5 Å². The summed E-state index contributed by atoms with van der Waals surface area (Å²) in [6, 6.07) is 8.53. The van der Waals surface area contributed by atoms with Crippen LogP contribution in [-0.2, 0) is 14.4 Å². The third kappa shape index (κ3) is 9.98. The van der Waals surface area contributed by atoms with Gasteiger partial charge in [0.05, 0.1) is 25.0 Å². The van der Waals surface area contributed by atoms with Crippen LogP contribution in [0.1, 0.15) is 67.7 Å². The molecule has 3 heterocycles. The Bertz CT molecular complexity index is 1290. The molecule has 2 fully saturated rings. The Morgan fingerprint density at radius 2 is 1.95 bits per heavy atom. The predicted octanol–water partition coefficient (Wildman–Crippen LogP) is 3.95. The molecule has 4 rings (SSSR count). The molecule has 2 aromatic rings. The molecule has 10 heteroatoms. The highest BCUT2D eigenvalue weighted by Crippen LogP contribution is 2.24. The van der Waals surface area contributed by atoms with Crippen molar-refractivity contribution in [2.24, 2.45) is 11.8 Å². The van der Waals surface area contributed by atoms with E-state index in [1.54, 1.807) is 23.4 Å². The quantitative estimate of drug-likeness (QED) is 0.186. The van der Waals surface area contributed by atoms with Crippen molar-refractivity contribution in [3.63, 3.8) is 0 Å². The summed E-state index contributed by atoms with van der Waals surface area (Å²) >= 11 is 2.26. The Morgan fingerprint density at radius 3 is 2.74 bits per heavy atom. The highest BCUT2D eigenvalue weighted by atomic mass is 127. The maximum Gasteiger partial charge on any atom is 0.305 e. The summed E-state index contributed by atoms with van der Waals surface area (Å²) in [6.07, 6.45) is 7.90. The molecule has 0 aliphatic carbocycles. The van der Waals surface area contributed by atoms with Crippen LogP contribution < -0.4 is 15.4 Å². The van der Waals surface area contributed by atoms with Gasteiger partial charge in [0, 0.05) is 47.5 Å². The average molecular weight is 687 g/mol. The lowest BCUT2D eigenvalue weighted by atomic mass is 9.92. The third-order valence-corrected chi connectivity index (χ3v) is 8.20. The van der Waals surface area contributed by atoms with Crippen LogP contribution in [0.5, 0.6) is 5.75 Å². The summed E-state index contributed by atoms with van der Waals surface area (Å²) in [5.41, 5.74) is 1.97. The number of nitrogens with zero attached hydrogens (tertiary/aromatic N) is 2. The van der Waals surface area contributed by atoms with Crippen LogP contribution in [0, 0.1) is 23.7 Å². The molecule has 1 aromatic heterocycles. The van der Waals surface area contributed by atoms with E-state index in [-0.39, 0.29) is 24.2 Å². The molecule has 224 valence electrons. The first-order valence-electron chi connectivity index (χ1n) is 14.7. The maximum atomic E-state index is 13.3. The number of likely N-dealkylation sites (tertiary alicyclic amines) is 1. The Morgan fingerprint density at radius 1 is 1.14 bits per heavy atom. The molecule has 0 radical (unpaired) electrons. The number of aliphatic carboxylic acids is 1. The SMILES string of the molecule is O=C(O)C[C@H](NC(=O)[C@@H]1CCCN(C(=O)CCC2CCNCC2)C1)c1cncc(C#Cc2cccc(OCCI)c2)c1. The van der Waals surface area contributed by atoms with Gasteiger partial charge in [-0.25, -0.2) is 0 Å². The highest BCUT2D eigenvalue weighted by molar-refractivity contribution is 14.1. The van der Waals surface area contributed by atoms with Crippen LogP contribution >= 0.6 is 22.6 Å². The van der Waals surface area contributed by atoms with E-state index in [1.165, 1.54) is 0 Å². The number of hydrogen-bond acceptors (Lipinski definition) is 6. The minimum atomic E-state index is -1.03. The highest BCUT2D eigenvalue weighted by Gasteiger charge is 2.30. The van der Waals surface area contributed by atoms with E-state index in [2.05, 4.69) is 50.0 Å². The molecule has 3 N–H and O–H groups in total. The van der Waals surface area contributed by atoms with Crippen LogP contribution in [0.3, 0.4) is 0 Å². The van der Waals surface area contributed by atoms with Crippen molar-refractivity contribution in [1.29, 1.82) is 0 Å². The van der Waals surface area contributed by atoms with Crippen LogP contribution in [-0.4, -0.2) is 70.0 Å². The van der Waals surface area contributed by atoms with Crippen molar-refractivity contribution in [3.8, 4) is 17.6 Å². The molecule has 2 saturated heterocycles. The number of hydrogen-bond donors (Lipinski definition) is 3. The topological polar surface area (TPSA) is 121 Å². The summed E-state index contributed by atoms with van der Waals surface area (Å²) in [5, 5.41) is 15.9. The van der Waals surface area contributed by atoms with Gasteiger partial charge in [-0.1, -0.05) is 40.5 Å². The standard InChI is InChI=1S/C32H39IN4O5/c33-12-16-42-28-5-1-3-24(18-28)6-7-25-17-27(21-35-20-25)29(19-31(39)40)36-32(41)26-4-2-15-37(22-26)30(38)9-8-23-10-13-34-14-11-23/h1,3,5,17-18,20-21,23,26,29,34H,2,4,8-16,19,22H2,(H,36,41)(H,39,40)/t26-,29+/m1/s1. The Labute approximate surface area is 261 Å². The number of carbonyl (C=O) groups is 3. The molecule has 42 heavy (non-hydrogen) atoms. The van der Waals surface area contributed by atoms with Gasteiger partial charge in [0.25, 0.3) is 0 Å². The molecule has 2 amide bonds. The number of ether oxygens (including phenoxy) is 1. The Kier molecular flexibility index (Phi) is 12.4. The Hall–Kier alpha value is -3.17. The summed E-state index contributed by atoms with van der Waals surface area (Å²) < 4.78 is 6.56. The van der Waals surface area contributed by atoms with E-state index in [4.69, 9.17) is 4.74 Å². The number of carboxylic acids is 1. The van der Waals surface area contributed by atoms with Gasteiger partial charge in [0.2, 0.25) is 11.8 Å². The second-order valence-electron chi connectivity index (χ2n) is 10.9. The molecule has 2 aliphatic rings. The fraction of sp³-hybridized carbons (Fsp3) is 0.500. The molecule has 1 aromatic carbocycles. The number of amides is 2. The van der Waals surface area contributed by atoms with Gasteiger partial charge in [-0.15, -0.1) is 0 Å². The normalized spacial score (nSPS) is 17.9. The van der Waals surface area contributed by atoms with Crippen molar-refractivity contribution in [2.75, 3.05) is 37.2 Å². The van der Waals surface area contributed by atoms with Crippen LogP contribution in [0.4, 0.5) is 0 Å². The van der Waals surface area contributed by atoms with Crippen molar-refractivity contribution < 1.29 is 24.2 Å². The van der Waals surface area contributed by atoms with Gasteiger partial charge in [0.1, 0.15) is 5.75 Å². The number of carbonyl (C=O) groups excluding carboxylic acids is 2. The molecule has 2 atom stereocenters. The van der Waals surface area contributed by atoms with E-state index >= 15 is 0 Å². The molecule has 0 spiro atoms. The lowest BCUT2D eigenvalue weighted by molar-refractivity contribution is -0.138. The summed E-state index contributed by atoms with van der Waals surface area (Å²) in [5.74, 6) is 5.98. The van der Waals surface area contributed by atoms with E-state index < -0.39 is 12.0 Å². The average Bonchev–Trinajstić information content (AvgIpc) is 3.02. The number of rotatable bonds is 11. The molecule has 2 aliphatic heterocycles. The number of benzene rings is 1. The number of aromatic nitrogens is 1. The largest absolute Gasteiger partial charge is 0.493 e. The number of piperidine rings is 2. The summed E-state index contributed by atoms with van der Waals surface area (Å²) in [7, 11) is 0. The molecule has 0 saturated carbocycles. The fourth-order valence-electron chi connectivity index (χ4n) is 5.47. The van der Waals surface area contributed by atoms with Crippen molar-refractivity contribution in [1.82, 2.24) is 20.5 Å².